The van der Waals surface area contributed by atoms with E-state index in [9.17, 15) is 4.79 Å². The Morgan fingerprint density at radius 3 is 3.06 bits per heavy atom. The van der Waals surface area contributed by atoms with Gasteiger partial charge in [0.15, 0.2) is 5.82 Å². The minimum Gasteiger partial charge on any atom is -0.295 e. The van der Waals surface area contributed by atoms with Crippen LogP contribution < -0.4 is 5.76 Å². The van der Waals surface area contributed by atoms with E-state index in [-0.39, 0.29) is 6.54 Å². The van der Waals surface area contributed by atoms with Crippen molar-refractivity contribution in [3.05, 3.63) is 39.3 Å². The molecule has 1 aromatic carbocycles. The first-order valence-corrected chi connectivity index (χ1v) is 5.21. The predicted octanol–water partition coefficient (Wildman–Crippen LogP) is 1.79. The van der Waals surface area contributed by atoms with Crippen LogP contribution in [0, 0.1) is 11.3 Å². The summed E-state index contributed by atoms with van der Waals surface area (Å²) < 4.78 is 6.58. The van der Waals surface area contributed by atoms with Gasteiger partial charge in [0.05, 0.1) is 6.07 Å². The first-order chi connectivity index (χ1) is 7.72. The summed E-state index contributed by atoms with van der Waals surface area (Å²) in [6.45, 7) is -0.0792. The van der Waals surface area contributed by atoms with Crippen molar-refractivity contribution < 1.29 is 4.52 Å². The summed E-state index contributed by atoms with van der Waals surface area (Å²) in [5, 5.41) is 12.2. The molecule has 0 aliphatic rings. The fourth-order valence-corrected chi connectivity index (χ4v) is 1.71. The molecule has 0 saturated carbocycles. The fraction of sp³-hybridized carbons (Fsp3) is 0.100. The first-order valence-electron chi connectivity index (χ1n) is 4.42. The maximum atomic E-state index is 11.3. The van der Waals surface area contributed by atoms with Crippen molar-refractivity contribution in [2.24, 2.45) is 0 Å². The average molecular weight is 280 g/mol. The van der Waals surface area contributed by atoms with Gasteiger partial charge in [0.1, 0.15) is 6.54 Å². The minimum absolute atomic E-state index is 0.0792. The Labute approximate surface area is 99.0 Å². The molecule has 0 unspecified atom stereocenters. The van der Waals surface area contributed by atoms with Gasteiger partial charge in [-0.15, -0.1) is 0 Å². The number of nitrogens with zero attached hydrogens (tertiary/aromatic N) is 3. The van der Waals surface area contributed by atoms with Gasteiger partial charge < -0.3 is 0 Å². The molecule has 1 heterocycles. The number of rotatable bonds is 2. The number of nitriles is 1. The van der Waals surface area contributed by atoms with E-state index in [0.717, 1.165) is 10.0 Å². The van der Waals surface area contributed by atoms with E-state index in [1.165, 1.54) is 4.57 Å². The number of hydrogen-bond donors (Lipinski definition) is 0. The summed E-state index contributed by atoms with van der Waals surface area (Å²) in [6.07, 6.45) is 0. The molecule has 16 heavy (non-hydrogen) atoms. The van der Waals surface area contributed by atoms with Crippen LogP contribution in [0.3, 0.4) is 0 Å². The summed E-state index contributed by atoms with van der Waals surface area (Å²) >= 11 is 3.32. The van der Waals surface area contributed by atoms with Crippen molar-refractivity contribution in [2.75, 3.05) is 0 Å². The van der Waals surface area contributed by atoms with Crippen LogP contribution >= 0.6 is 15.9 Å². The number of halogens is 1. The molecule has 6 heteroatoms. The third kappa shape index (κ3) is 1.90. The average Bonchev–Trinajstić information content (AvgIpc) is 2.61. The topological polar surface area (TPSA) is 71.8 Å². The Bertz CT molecular complexity index is 609. The molecule has 0 saturated heterocycles. The molecule has 0 spiro atoms. The molecule has 0 fully saturated rings. The second-order valence-electron chi connectivity index (χ2n) is 3.03. The molecule has 5 nitrogen and oxygen atoms in total. The zero-order valence-corrected chi connectivity index (χ0v) is 9.64. The van der Waals surface area contributed by atoms with Gasteiger partial charge in [-0.25, -0.2) is 9.36 Å². The van der Waals surface area contributed by atoms with Crippen molar-refractivity contribution in [2.45, 2.75) is 6.54 Å². The van der Waals surface area contributed by atoms with E-state index in [1.807, 2.05) is 18.2 Å². The molecular formula is C10H6BrN3O2. The van der Waals surface area contributed by atoms with Gasteiger partial charge in [0.2, 0.25) is 0 Å². The van der Waals surface area contributed by atoms with E-state index >= 15 is 0 Å². The van der Waals surface area contributed by atoms with Crippen molar-refractivity contribution >= 4 is 15.9 Å². The Morgan fingerprint density at radius 1 is 1.56 bits per heavy atom. The van der Waals surface area contributed by atoms with Crippen LogP contribution in [0.1, 0.15) is 0 Å². The molecule has 0 bridgehead atoms. The van der Waals surface area contributed by atoms with Crippen LogP contribution in [-0.2, 0) is 6.54 Å². The quantitative estimate of drug-likeness (QED) is 0.840. The van der Waals surface area contributed by atoms with E-state index < -0.39 is 5.76 Å². The molecule has 80 valence electrons. The zero-order chi connectivity index (χ0) is 11.5. The second-order valence-corrected chi connectivity index (χ2v) is 3.94. The van der Waals surface area contributed by atoms with Crippen molar-refractivity contribution in [3.63, 3.8) is 0 Å². The maximum Gasteiger partial charge on any atom is 0.442 e. The monoisotopic (exact) mass is 279 g/mol. The largest absolute Gasteiger partial charge is 0.442 e. The van der Waals surface area contributed by atoms with E-state index in [4.69, 9.17) is 5.26 Å². The normalized spacial score (nSPS) is 10.0. The highest BCUT2D eigenvalue weighted by molar-refractivity contribution is 9.10. The molecule has 0 N–H and O–H groups in total. The van der Waals surface area contributed by atoms with Gasteiger partial charge in [0.25, 0.3) is 0 Å². The van der Waals surface area contributed by atoms with Crippen molar-refractivity contribution in [3.8, 4) is 17.5 Å². The Balaban J connectivity index is 2.57. The number of aromatic nitrogens is 2. The first kappa shape index (κ1) is 10.6. The summed E-state index contributed by atoms with van der Waals surface area (Å²) in [7, 11) is 0. The maximum absolute atomic E-state index is 11.3. The fourth-order valence-electron chi connectivity index (χ4n) is 1.31. The third-order valence-corrected chi connectivity index (χ3v) is 2.49. The lowest BCUT2D eigenvalue weighted by atomic mass is 10.2. The Kier molecular flexibility index (Phi) is 2.88. The lowest BCUT2D eigenvalue weighted by molar-refractivity contribution is 0.379. The predicted molar refractivity (Wildman–Crippen MR) is 59.5 cm³/mol. The van der Waals surface area contributed by atoms with Crippen LogP contribution in [0.15, 0.2) is 38.1 Å². The van der Waals surface area contributed by atoms with Crippen LogP contribution in [0.2, 0.25) is 0 Å². The Hall–Kier alpha value is -1.87. The van der Waals surface area contributed by atoms with Crippen molar-refractivity contribution in [1.82, 2.24) is 9.72 Å². The van der Waals surface area contributed by atoms with E-state index in [1.54, 1.807) is 12.1 Å². The smallest absolute Gasteiger partial charge is 0.295 e. The van der Waals surface area contributed by atoms with Gasteiger partial charge in [-0.3, -0.25) is 4.52 Å². The number of hydrogen-bond acceptors (Lipinski definition) is 4. The lowest BCUT2D eigenvalue weighted by Gasteiger charge is -1.99. The van der Waals surface area contributed by atoms with Crippen LogP contribution in [0.5, 0.6) is 0 Å². The van der Waals surface area contributed by atoms with Gasteiger partial charge >= 0.3 is 5.76 Å². The van der Waals surface area contributed by atoms with Gasteiger partial charge in [0, 0.05) is 10.0 Å². The molecule has 1 aromatic heterocycles. The van der Waals surface area contributed by atoms with E-state index in [2.05, 4.69) is 25.6 Å². The van der Waals surface area contributed by atoms with Gasteiger partial charge in [-0.2, -0.15) is 5.26 Å². The third-order valence-electron chi connectivity index (χ3n) is 2.00. The molecule has 0 aliphatic heterocycles. The summed E-state index contributed by atoms with van der Waals surface area (Å²) in [4.78, 5) is 11.3. The van der Waals surface area contributed by atoms with Gasteiger partial charge in [-0.1, -0.05) is 33.2 Å². The molecule has 0 amide bonds. The number of benzene rings is 1. The van der Waals surface area contributed by atoms with Crippen LogP contribution in [0.4, 0.5) is 0 Å². The Morgan fingerprint density at radius 2 is 2.38 bits per heavy atom. The minimum atomic E-state index is -0.628. The molecule has 0 radical (unpaired) electrons. The molecular weight excluding hydrogens is 274 g/mol. The van der Waals surface area contributed by atoms with Crippen LogP contribution in [0.25, 0.3) is 11.4 Å². The molecule has 2 rings (SSSR count). The van der Waals surface area contributed by atoms with Crippen molar-refractivity contribution in [1.29, 1.82) is 5.26 Å². The van der Waals surface area contributed by atoms with Gasteiger partial charge in [-0.05, 0) is 12.1 Å². The summed E-state index contributed by atoms with van der Waals surface area (Å²) in [5.74, 6) is -0.274. The molecule has 2 aromatic rings. The summed E-state index contributed by atoms with van der Waals surface area (Å²) in [6, 6.07) is 9.14. The molecule has 0 aliphatic carbocycles. The lowest BCUT2D eigenvalue weighted by Crippen LogP contribution is -2.14. The van der Waals surface area contributed by atoms with E-state index in [0.29, 0.717) is 5.82 Å². The molecule has 0 atom stereocenters. The second kappa shape index (κ2) is 4.33. The highest BCUT2D eigenvalue weighted by atomic mass is 79.9. The SMILES string of the molecule is N#CCn1c(-c2cccc(Br)c2)noc1=O. The zero-order valence-electron chi connectivity index (χ0n) is 8.05. The highest BCUT2D eigenvalue weighted by Gasteiger charge is 2.12. The standard InChI is InChI=1S/C10H6BrN3O2/c11-8-3-1-2-7(6-8)9-13-16-10(15)14(9)5-4-12/h1-3,6H,5H2. The van der Waals surface area contributed by atoms with Crippen LogP contribution in [-0.4, -0.2) is 9.72 Å². The summed E-state index contributed by atoms with van der Waals surface area (Å²) in [5.41, 5.74) is 0.718. The highest BCUT2D eigenvalue weighted by Crippen LogP contribution is 2.20.